The zero-order chi connectivity index (χ0) is 20.1. The van der Waals surface area contributed by atoms with Gasteiger partial charge in [-0.2, -0.15) is 5.10 Å². The molecule has 0 radical (unpaired) electrons. The molecule has 0 aromatic carbocycles. The van der Waals surface area contributed by atoms with E-state index in [0.717, 1.165) is 4.88 Å². The number of carbonyl (C=O) groups is 1. The molecule has 1 amide bonds. The first-order chi connectivity index (χ1) is 13.2. The lowest BCUT2D eigenvalue weighted by molar-refractivity contribution is 0.0740. The van der Waals surface area contributed by atoms with Crippen molar-refractivity contribution >= 4 is 36.9 Å². The molecular formula is C17H21N3O5S3. The summed E-state index contributed by atoms with van der Waals surface area (Å²) in [5, 5.41) is 6.37. The molecule has 28 heavy (non-hydrogen) atoms. The van der Waals surface area contributed by atoms with E-state index in [4.69, 9.17) is 0 Å². The summed E-state index contributed by atoms with van der Waals surface area (Å²) in [6, 6.07) is 4.81. The summed E-state index contributed by atoms with van der Waals surface area (Å²) in [4.78, 5) is 15.3. The Bertz CT molecular complexity index is 1100. The Morgan fingerprint density at radius 3 is 2.46 bits per heavy atom. The summed E-state index contributed by atoms with van der Waals surface area (Å²) in [6.45, 7) is 0. The van der Waals surface area contributed by atoms with E-state index in [9.17, 15) is 21.6 Å². The van der Waals surface area contributed by atoms with Crippen molar-refractivity contribution in [3.8, 4) is 10.6 Å². The van der Waals surface area contributed by atoms with Gasteiger partial charge in [-0.05, 0) is 30.4 Å². The summed E-state index contributed by atoms with van der Waals surface area (Å²) in [6.07, 6.45) is 0.886. The first kappa shape index (κ1) is 19.6. The summed E-state index contributed by atoms with van der Waals surface area (Å²) in [5.41, 5.74) is 0.924. The van der Waals surface area contributed by atoms with E-state index in [2.05, 4.69) is 5.10 Å². The third kappa shape index (κ3) is 3.74. The van der Waals surface area contributed by atoms with E-state index in [1.165, 1.54) is 16.2 Å². The second-order valence-electron chi connectivity index (χ2n) is 7.37. The minimum absolute atomic E-state index is 0.0113. The van der Waals surface area contributed by atoms with Gasteiger partial charge in [0.1, 0.15) is 0 Å². The van der Waals surface area contributed by atoms with Crippen LogP contribution in [-0.2, 0) is 19.7 Å². The highest BCUT2D eigenvalue weighted by molar-refractivity contribution is 7.91. The Labute approximate surface area is 168 Å². The molecule has 0 saturated carbocycles. The first-order valence-corrected chi connectivity index (χ1v) is 13.5. The molecule has 2 atom stereocenters. The van der Waals surface area contributed by atoms with Crippen molar-refractivity contribution in [3.63, 3.8) is 0 Å². The zero-order valence-electron chi connectivity index (χ0n) is 15.3. The maximum absolute atomic E-state index is 13.0. The fourth-order valence-corrected chi connectivity index (χ4v) is 7.98. The number of thiophene rings is 1. The Morgan fingerprint density at radius 2 is 1.89 bits per heavy atom. The van der Waals surface area contributed by atoms with Crippen LogP contribution in [0.4, 0.5) is 0 Å². The average Bonchev–Trinajstić information content (AvgIpc) is 3.38. The van der Waals surface area contributed by atoms with Gasteiger partial charge in [0.05, 0.1) is 39.6 Å². The molecule has 2 saturated heterocycles. The van der Waals surface area contributed by atoms with Gasteiger partial charge in [-0.25, -0.2) is 16.8 Å². The number of hydrogen-bond donors (Lipinski definition) is 0. The van der Waals surface area contributed by atoms with E-state index in [-0.39, 0.29) is 46.7 Å². The maximum atomic E-state index is 13.0. The topological polar surface area (TPSA) is 106 Å². The molecule has 0 bridgehead atoms. The monoisotopic (exact) mass is 443 g/mol. The van der Waals surface area contributed by atoms with Crippen LogP contribution in [0.2, 0.25) is 0 Å². The molecule has 2 aliphatic heterocycles. The molecule has 0 spiro atoms. The SMILES string of the molecule is CN(C(=O)c1cc(-c2cccs2)n([C@H]2CCS(=O)(=O)C2)n1)[C@@H]1CCS(=O)(=O)C1. The van der Waals surface area contributed by atoms with Gasteiger partial charge >= 0.3 is 0 Å². The molecule has 4 rings (SSSR count). The highest BCUT2D eigenvalue weighted by Gasteiger charge is 2.36. The van der Waals surface area contributed by atoms with E-state index >= 15 is 0 Å². The number of rotatable bonds is 4. The minimum Gasteiger partial charge on any atom is -0.336 e. The Hall–Kier alpha value is -1.72. The van der Waals surface area contributed by atoms with Crippen LogP contribution in [0, 0.1) is 0 Å². The molecule has 0 unspecified atom stereocenters. The number of carbonyl (C=O) groups excluding carboxylic acids is 1. The maximum Gasteiger partial charge on any atom is 0.274 e. The smallest absolute Gasteiger partial charge is 0.274 e. The molecular weight excluding hydrogens is 422 g/mol. The first-order valence-electron chi connectivity index (χ1n) is 8.97. The predicted octanol–water partition coefficient (Wildman–Crippen LogP) is 1.23. The van der Waals surface area contributed by atoms with Gasteiger partial charge in [-0.15, -0.1) is 11.3 Å². The van der Waals surface area contributed by atoms with Crippen LogP contribution in [0.15, 0.2) is 23.6 Å². The summed E-state index contributed by atoms with van der Waals surface area (Å²) in [7, 11) is -4.61. The van der Waals surface area contributed by atoms with E-state index in [0.29, 0.717) is 18.5 Å². The van der Waals surface area contributed by atoms with Crippen LogP contribution in [0.1, 0.15) is 29.4 Å². The molecule has 0 aliphatic carbocycles. The summed E-state index contributed by atoms with van der Waals surface area (Å²) < 4.78 is 49.0. The number of aromatic nitrogens is 2. The molecule has 2 fully saturated rings. The van der Waals surface area contributed by atoms with Crippen LogP contribution in [0.25, 0.3) is 10.6 Å². The molecule has 2 aromatic heterocycles. The highest BCUT2D eigenvalue weighted by atomic mass is 32.2. The van der Waals surface area contributed by atoms with Gasteiger partial charge in [0, 0.05) is 13.1 Å². The molecule has 0 N–H and O–H groups in total. The van der Waals surface area contributed by atoms with Crippen molar-refractivity contribution in [2.24, 2.45) is 0 Å². The molecule has 152 valence electrons. The lowest BCUT2D eigenvalue weighted by Crippen LogP contribution is -2.38. The normalized spacial score (nSPS) is 25.8. The quantitative estimate of drug-likeness (QED) is 0.704. The van der Waals surface area contributed by atoms with Crippen LogP contribution in [0.3, 0.4) is 0 Å². The van der Waals surface area contributed by atoms with Gasteiger partial charge in [0.15, 0.2) is 25.4 Å². The molecule has 4 heterocycles. The fraction of sp³-hybridized carbons (Fsp3) is 0.529. The van der Waals surface area contributed by atoms with E-state index in [1.54, 1.807) is 17.8 Å². The Kier molecular flexibility index (Phi) is 4.87. The van der Waals surface area contributed by atoms with Gasteiger partial charge in [0.25, 0.3) is 5.91 Å². The Morgan fingerprint density at radius 1 is 1.18 bits per heavy atom. The largest absolute Gasteiger partial charge is 0.336 e. The van der Waals surface area contributed by atoms with Crippen molar-refractivity contribution in [3.05, 3.63) is 29.3 Å². The van der Waals surface area contributed by atoms with Crippen molar-refractivity contribution in [2.45, 2.75) is 24.9 Å². The highest BCUT2D eigenvalue weighted by Crippen LogP contribution is 2.32. The van der Waals surface area contributed by atoms with Crippen molar-refractivity contribution in [1.82, 2.24) is 14.7 Å². The van der Waals surface area contributed by atoms with Crippen LogP contribution in [0.5, 0.6) is 0 Å². The Balaban J connectivity index is 1.66. The lowest BCUT2D eigenvalue weighted by atomic mass is 10.2. The van der Waals surface area contributed by atoms with Crippen molar-refractivity contribution in [1.29, 1.82) is 0 Å². The zero-order valence-corrected chi connectivity index (χ0v) is 17.8. The van der Waals surface area contributed by atoms with Gasteiger partial charge < -0.3 is 4.90 Å². The predicted molar refractivity (Wildman–Crippen MR) is 107 cm³/mol. The number of amides is 1. The number of sulfone groups is 2. The fourth-order valence-electron chi connectivity index (χ4n) is 3.78. The average molecular weight is 444 g/mol. The minimum atomic E-state index is -3.11. The summed E-state index contributed by atoms with van der Waals surface area (Å²) >= 11 is 1.49. The molecule has 2 aliphatic rings. The number of nitrogens with zero attached hydrogens (tertiary/aromatic N) is 3. The van der Waals surface area contributed by atoms with Crippen molar-refractivity contribution < 1.29 is 21.6 Å². The summed E-state index contributed by atoms with van der Waals surface area (Å²) in [5.74, 6) is -0.167. The number of hydrogen-bond acceptors (Lipinski definition) is 7. The van der Waals surface area contributed by atoms with Crippen LogP contribution < -0.4 is 0 Å². The standard InChI is InChI=1S/C17H21N3O5S3/c1-19(12-4-7-27(22,23)10-12)17(21)14-9-15(16-3-2-6-26-16)20(18-14)13-5-8-28(24,25)11-13/h2-3,6,9,12-13H,4-5,7-8,10-11H2,1H3/t12-,13+/m1/s1. The second kappa shape index (κ2) is 6.96. The third-order valence-electron chi connectivity index (χ3n) is 5.36. The van der Waals surface area contributed by atoms with Crippen molar-refractivity contribution in [2.75, 3.05) is 30.1 Å². The van der Waals surface area contributed by atoms with Gasteiger partial charge in [-0.1, -0.05) is 6.07 Å². The lowest BCUT2D eigenvalue weighted by Gasteiger charge is -2.22. The van der Waals surface area contributed by atoms with Crippen LogP contribution >= 0.6 is 11.3 Å². The van der Waals surface area contributed by atoms with Crippen LogP contribution in [-0.4, -0.2) is 73.5 Å². The van der Waals surface area contributed by atoms with Gasteiger partial charge in [0.2, 0.25) is 0 Å². The molecule has 2 aromatic rings. The second-order valence-corrected chi connectivity index (χ2v) is 12.8. The molecule has 8 nitrogen and oxygen atoms in total. The molecule has 11 heteroatoms. The van der Waals surface area contributed by atoms with Gasteiger partial charge in [-0.3, -0.25) is 9.48 Å². The third-order valence-corrected chi connectivity index (χ3v) is 9.75. The van der Waals surface area contributed by atoms with E-state index < -0.39 is 19.7 Å². The van der Waals surface area contributed by atoms with E-state index in [1.807, 2.05) is 17.5 Å².